The van der Waals surface area contributed by atoms with Crippen LogP contribution in [0.3, 0.4) is 0 Å². The molecule has 0 aromatic carbocycles. The Balaban J connectivity index is 3.05. The van der Waals surface area contributed by atoms with Gasteiger partial charge in [-0.3, -0.25) is 0 Å². The SMILES string of the molecule is Fc1nnc[nH]1. The second kappa shape index (κ2) is 1.04. The number of hydrogen-bond acceptors (Lipinski definition) is 2. The number of halogens is 1. The molecule has 0 radical (unpaired) electrons. The Morgan fingerprint density at radius 2 is 2.67 bits per heavy atom. The third-order valence-corrected chi connectivity index (χ3v) is 0.387. The predicted molar refractivity (Wildman–Crippen MR) is 16.3 cm³/mol. The van der Waals surface area contributed by atoms with Gasteiger partial charge in [0, 0.05) is 0 Å². The van der Waals surface area contributed by atoms with Crippen LogP contribution in [0, 0.1) is 6.08 Å². The lowest BCUT2D eigenvalue weighted by Gasteiger charge is -1.59. The van der Waals surface area contributed by atoms with E-state index in [-0.39, 0.29) is 0 Å². The Labute approximate surface area is 33.2 Å². The van der Waals surface area contributed by atoms with Crippen LogP contribution in [0.15, 0.2) is 6.33 Å². The van der Waals surface area contributed by atoms with E-state index < -0.39 is 6.08 Å². The molecule has 0 aliphatic carbocycles. The van der Waals surface area contributed by atoms with Crippen molar-refractivity contribution in [1.29, 1.82) is 0 Å². The molecule has 0 bridgehead atoms. The van der Waals surface area contributed by atoms with Crippen LogP contribution >= 0.6 is 0 Å². The van der Waals surface area contributed by atoms with Gasteiger partial charge >= 0.3 is 6.08 Å². The second-order valence-corrected chi connectivity index (χ2v) is 0.780. The summed E-state index contributed by atoms with van der Waals surface area (Å²) in [5.41, 5.74) is 0. The van der Waals surface area contributed by atoms with Crippen LogP contribution in [-0.2, 0) is 0 Å². The van der Waals surface area contributed by atoms with Crippen LogP contribution in [0.1, 0.15) is 0 Å². The van der Waals surface area contributed by atoms with Crippen LogP contribution in [0.2, 0.25) is 0 Å². The molecule has 0 aliphatic heterocycles. The van der Waals surface area contributed by atoms with Crippen molar-refractivity contribution >= 4 is 0 Å². The van der Waals surface area contributed by atoms with Crippen molar-refractivity contribution in [2.24, 2.45) is 0 Å². The third kappa shape index (κ3) is 0.357. The van der Waals surface area contributed by atoms with Crippen LogP contribution in [0.25, 0.3) is 0 Å². The molecule has 0 aliphatic rings. The fourth-order valence-corrected chi connectivity index (χ4v) is 0.191. The Morgan fingerprint density at radius 3 is 2.83 bits per heavy atom. The highest BCUT2D eigenvalue weighted by atomic mass is 19.1. The van der Waals surface area contributed by atoms with Gasteiger partial charge in [0.2, 0.25) is 0 Å². The lowest BCUT2D eigenvalue weighted by molar-refractivity contribution is 0.544. The fourth-order valence-electron chi connectivity index (χ4n) is 0.191. The molecule has 6 heavy (non-hydrogen) atoms. The number of nitrogens with zero attached hydrogens (tertiary/aromatic N) is 2. The van der Waals surface area contributed by atoms with Crippen molar-refractivity contribution in [2.75, 3.05) is 0 Å². The zero-order chi connectivity index (χ0) is 4.41. The first-order valence-corrected chi connectivity index (χ1v) is 1.41. The standard InChI is InChI=1S/C2H2FN3/c3-2-4-1-5-6-2/h1H,(H,4,5,6). The summed E-state index contributed by atoms with van der Waals surface area (Å²) in [4.78, 5) is 2.11. The van der Waals surface area contributed by atoms with E-state index in [1.807, 2.05) is 0 Å². The van der Waals surface area contributed by atoms with E-state index in [9.17, 15) is 4.39 Å². The summed E-state index contributed by atoms with van der Waals surface area (Å²) in [7, 11) is 0. The van der Waals surface area contributed by atoms with Crippen LogP contribution < -0.4 is 0 Å². The first-order valence-electron chi connectivity index (χ1n) is 1.41. The molecule has 1 N–H and O–H groups in total. The van der Waals surface area contributed by atoms with Gasteiger partial charge in [0.1, 0.15) is 6.33 Å². The Morgan fingerprint density at radius 1 is 1.83 bits per heavy atom. The zero-order valence-corrected chi connectivity index (χ0v) is 2.85. The largest absolute Gasteiger partial charge is 0.306 e. The average molecular weight is 87.1 g/mol. The molecule has 1 rings (SSSR count). The van der Waals surface area contributed by atoms with Crippen molar-refractivity contribution < 1.29 is 4.39 Å². The molecule has 0 spiro atoms. The molecule has 32 valence electrons. The quantitative estimate of drug-likeness (QED) is 0.481. The number of hydrogen-bond donors (Lipinski definition) is 1. The molecule has 0 unspecified atom stereocenters. The summed E-state index contributed by atoms with van der Waals surface area (Å²) in [6, 6.07) is 0. The number of rotatable bonds is 0. The highest BCUT2D eigenvalue weighted by molar-refractivity contribution is 4.50. The van der Waals surface area contributed by atoms with Gasteiger partial charge in [0.15, 0.2) is 0 Å². The maximum Gasteiger partial charge on any atom is 0.306 e. The topological polar surface area (TPSA) is 41.6 Å². The predicted octanol–water partition coefficient (Wildman–Crippen LogP) is -0.0562. The molecule has 0 fully saturated rings. The Bertz CT molecular complexity index is 112. The van der Waals surface area contributed by atoms with Gasteiger partial charge in [0.25, 0.3) is 0 Å². The molecule has 1 aromatic heterocycles. The van der Waals surface area contributed by atoms with Gasteiger partial charge in [-0.2, -0.15) is 4.39 Å². The van der Waals surface area contributed by atoms with Crippen molar-refractivity contribution in [2.45, 2.75) is 0 Å². The minimum atomic E-state index is -0.644. The van der Waals surface area contributed by atoms with Crippen molar-refractivity contribution in [3.63, 3.8) is 0 Å². The van der Waals surface area contributed by atoms with Gasteiger partial charge in [-0.25, -0.2) is 0 Å². The minimum absolute atomic E-state index is 0.644. The third-order valence-electron chi connectivity index (χ3n) is 0.387. The first kappa shape index (κ1) is 3.27. The van der Waals surface area contributed by atoms with Crippen molar-refractivity contribution in [3.8, 4) is 0 Å². The smallest absolute Gasteiger partial charge is 0.304 e. The number of nitrogens with one attached hydrogen (secondary N) is 1. The maximum absolute atomic E-state index is 11.4. The summed E-state index contributed by atoms with van der Waals surface area (Å²) in [6.45, 7) is 0. The van der Waals surface area contributed by atoms with E-state index in [4.69, 9.17) is 0 Å². The van der Waals surface area contributed by atoms with Crippen molar-refractivity contribution in [3.05, 3.63) is 12.4 Å². The summed E-state index contributed by atoms with van der Waals surface area (Å²) >= 11 is 0. The van der Waals surface area contributed by atoms with Crippen LogP contribution in [0.5, 0.6) is 0 Å². The van der Waals surface area contributed by atoms with E-state index in [0.717, 1.165) is 0 Å². The van der Waals surface area contributed by atoms with Gasteiger partial charge in [-0.15, -0.1) is 5.10 Å². The summed E-state index contributed by atoms with van der Waals surface area (Å²) in [6.07, 6.45) is 0.532. The van der Waals surface area contributed by atoms with E-state index in [2.05, 4.69) is 15.2 Å². The second-order valence-electron chi connectivity index (χ2n) is 0.780. The highest BCUT2D eigenvalue weighted by Gasteiger charge is 1.81. The van der Waals surface area contributed by atoms with E-state index >= 15 is 0 Å². The van der Waals surface area contributed by atoms with Crippen molar-refractivity contribution in [1.82, 2.24) is 15.2 Å². The molecule has 0 atom stereocenters. The molecule has 1 aromatic rings. The minimum Gasteiger partial charge on any atom is -0.304 e. The maximum atomic E-state index is 11.4. The van der Waals surface area contributed by atoms with Gasteiger partial charge in [-0.1, -0.05) is 5.10 Å². The van der Waals surface area contributed by atoms with Gasteiger partial charge in [0.05, 0.1) is 0 Å². The lowest BCUT2D eigenvalue weighted by Crippen LogP contribution is -1.70. The van der Waals surface area contributed by atoms with E-state index in [1.165, 1.54) is 6.33 Å². The van der Waals surface area contributed by atoms with E-state index in [1.54, 1.807) is 0 Å². The molecular weight excluding hydrogens is 85.0 g/mol. The van der Waals surface area contributed by atoms with Crippen LogP contribution in [-0.4, -0.2) is 15.2 Å². The molecule has 0 saturated carbocycles. The highest BCUT2D eigenvalue weighted by Crippen LogP contribution is 1.74. The van der Waals surface area contributed by atoms with Gasteiger partial charge in [-0.05, 0) is 0 Å². The zero-order valence-electron chi connectivity index (χ0n) is 2.85. The first-order chi connectivity index (χ1) is 2.89. The average Bonchev–Trinajstić information content (AvgIpc) is 1.86. The monoisotopic (exact) mass is 87.0 g/mol. The molecular formula is C2H2FN3. The Kier molecular flexibility index (Phi) is 0.567. The number of aromatic amines is 1. The summed E-state index contributed by atoms with van der Waals surface area (Å²) in [5, 5.41) is 6.09. The molecule has 0 saturated heterocycles. The molecule has 3 nitrogen and oxygen atoms in total. The van der Waals surface area contributed by atoms with Crippen LogP contribution in [0.4, 0.5) is 4.39 Å². The lowest BCUT2D eigenvalue weighted by atomic mass is 11.3. The fraction of sp³-hybridized carbons (Fsp3) is 0. The molecule has 1 heterocycles. The Hall–Kier alpha value is -0.930. The molecule has 0 amide bonds. The summed E-state index contributed by atoms with van der Waals surface area (Å²) in [5.74, 6) is 0. The van der Waals surface area contributed by atoms with E-state index in [0.29, 0.717) is 0 Å². The molecule has 4 heteroatoms. The number of aromatic nitrogens is 3. The summed E-state index contributed by atoms with van der Waals surface area (Å²) < 4.78 is 11.4. The number of H-pyrrole nitrogens is 1. The van der Waals surface area contributed by atoms with Gasteiger partial charge < -0.3 is 4.98 Å². The normalized spacial score (nSPS) is 8.83.